The first-order valence-electron chi connectivity index (χ1n) is 6.94. The van der Waals surface area contributed by atoms with Gasteiger partial charge in [0.1, 0.15) is 5.54 Å². The molecular formula is C12H20N2O6S. The van der Waals surface area contributed by atoms with Gasteiger partial charge in [0.15, 0.2) is 9.84 Å². The number of ether oxygens (including phenoxy) is 1. The molecule has 2 saturated heterocycles. The van der Waals surface area contributed by atoms with Crippen molar-refractivity contribution in [2.75, 3.05) is 25.5 Å². The van der Waals surface area contributed by atoms with Crippen LogP contribution in [0.25, 0.3) is 0 Å². The summed E-state index contributed by atoms with van der Waals surface area (Å²) >= 11 is 0. The minimum Gasteiger partial charge on any atom is -0.480 e. The van der Waals surface area contributed by atoms with Crippen LogP contribution in [0.15, 0.2) is 0 Å². The predicted molar refractivity (Wildman–Crippen MR) is 73.8 cm³/mol. The molecule has 2 rings (SSSR count). The van der Waals surface area contributed by atoms with Crippen molar-refractivity contribution >= 4 is 21.8 Å². The molecule has 21 heavy (non-hydrogen) atoms. The van der Waals surface area contributed by atoms with E-state index in [1.54, 1.807) is 0 Å². The molecule has 1 unspecified atom stereocenters. The Morgan fingerprint density at radius 3 is 2.48 bits per heavy atom. The maximum atomic E-state index is 11.9. The number of carbonyl (C=O) groups is 2. The Morgan fingerprint density at radius 2 is 1.95 bits per heavy atom. The van der Waals surface area contributed by atoms with Crippen LogP contribution in [0.1, 0.15) is 25.7 Å². The first kappa shape index (κ1) is 16.0. The van der Waals surface area contributed by atoms with Gasteiger partial charge < -0.3 is 20.5 Å². The normalized spacial score (nSPS) is 27.0. The van der Waals surface area contributed by atoms with E-state index in [-0.39, 0.29) is 38.4 Å². The maximum Gasteiger partial charge on any atom is 0.329 e. The molecule has 0 aromatic carbocycles. The molecule has 0 saturated carbocycles. The highest BCUT2D eigenvalue weighted by atomic mass is 32.2. The van der Waals surface area contributed by atoms with Crippen LogP contribution in [0.5, 0.6) is 0 Å². The number of carboxylic acid groups (broad SMARTS) is 1. The van der Waals surface area contributed by atoms with Gasteiger partial charge in [0.25, 0.3) is 0 Å². The molecule has 0 aromatic rings. The third-order valence-electron chi connectivity index (χ3n) is 4.06. The molecule has 0 aromatic heterocycles. The molecule has 2 heterocycles. The molecule has 8 nitrogen and oxygen atoms in total. The fourth-order valence-electron chi connectivity index (χ4n) is 2.67. The Balaban J connectivity index is 1.90. The molecule has 2 aliphatic heterocycles. The van der Waals surface area contributed by atoms with Gasteiger partial charge in [0.2, 0.25) is 0 Å². The van der Waals surface area contributed by atoms with E-state index in [2.05, 4.69) is 10.6 Å². The highest BCUT2D eigenvalue weighted by Gasteiger charge is 2.42. The third kappa shape index (κ3) is 3.65. The van der Waals surface area contributed by atoms with Crippen molar-refractivity contribution < 1.29 is 27.9 Å². The Hall–Kier alpha value is -1.35. The summed E-state index contributed by atoms with van der Waals surface area (Å²) in [7, 11) is -3.13. The molecule has 2 amide bonds. The summed E-state index contributed by atoms with van der Waals surface area (Å²) in [5, 5.41) is 13.7. The van der Waals surface area contributed by atoms with Crippen LogP contribution in [0, 0.1) is 0 Å². The van der Waals surface area contributed by atoms with Crippen LogP contribution >= 0.6 is 0 Å². The van der Waals surface area contributed by atoms with Gasteiger partial charge in [-0.15, -0.1) is 0 Å². The summed E-state index contributed by atoms with van der Waals surface area (Å²) in [6.07, 6.45) is 1.52. The zero-order chi connectivity index (χ0) is 15.5. The molecule has 0 spiro atoms. The molecule has 3 N–H and O–H groups in total. The number of amides is 2. The Labute approximate surface area is 123 Å². The average molecular weight is 320 g/mol. The van der Waals surface area contributed by atoms with Gasteiger partial charge >= 0.3 is 12.0 Å². The second kappa shape index (κ2) is 6.18. The van der Waals surface area contributed by atoms with Crippen LogP contribution in [-0.4, -0.2) is 61.8 Å². The molecule has 2 fully saturated rings. The Kier molecular flexibility index (Phi) is 4.72. The number of rotatable bonds is 4. The summed E-state index contributed by atoms with van der Waals surface area (Å²) in [4.78, 5) is 23.2. The molecule has 0 aliphatic carbocycles. The SMILES string of the molecule is O=C(NCC1CCCS1(=O)=O)NC1(C(=O)O)CCOCC1. The van der Waals surface area contributed by atoms with Gasteiger partial charge in [-0.3, -0.25) is 0 Å². The van der Waals surface area contributed by atoms with Crippen molar-refractivity contribution in [1.82, 2.24) is 10.6 Å². The van der Waals surface area contributed by atoms with Crippen molar-refractivity contribution in [2.24, 2.45) is 0 Å². The fourth-order valence-corrected chi connectivity index (χ4v) is 4.43. The van der Waals surface area contributed by atoms with Gasteiger partial charge in [-0.2, -0.15) is 0 Å². The van der Waals surface area contributed by atoms with E-state index >= 15 is 0 Å². The standard InChI is InChI=1S/C12H20N2O6S/c15-10(16)12(3-5-20-6-4-12)14-11(17)13-8-9-2-1-7-21(9,18)19/h9H,1-8H2,(H,15,16)(H2,13,14,17). The molecular weight excluding hydrogens is 300 g/mol. The maximum absolute atomic E-state index is 11.9. The van der Waals surface area contributed by atoms with Crippen LogP contribution in [0.3, 0.4) is 0 Å². The van der Waals surface area contributed by atoms with E-state index in [0.717, 1.165) is 0 Å². The van der Waals surface area contributed by atoms with Crippen molar-refractivity contribution in [2.45, 2.75) is 36.5 Å². The summed E-state index contributed by atoms with van der Waals surface area (Å²) in [6, 6.07) is -0.651. The lowest BCUT2D eigenvalue weighted by atomic mass is 9.90. The van der Waals surface area contributed by atoms with Crippen LogP contribution in [0.2, 0.25) is 0 Å². The van der Waals surface area contributed by atoms with Gasteiger partial charge in [-0.25, -0.2) is 18.0 Å². The molecule has 2 aliphatic rings. The van der Waals surface area contributed by atoms with Crippen molar-refractivity contribution in [3.63, 3.8) is 0 Å². The number of aliphatic carboxylic acids is 1. The smallest absolute Gasteiger partial charge is 0.329 e. The molecule has 0 radical (unpaired) electrons. The van der Waals surface area contributed by atoms with E-state index in [4.69, 9.17) is 4.74 Å². The van der Waals surface area contributed by atoms with E-state index < -0.39 is 32.6 Å². The summed E-state index contributed by atoms with van der Waals surface area (Å²) < 4.78 is 28.4. The highest BCUT2D eigenvalue weighted by Crippen LogP contribution is 2.21. The first-order valence-corrected chi connectivity index (χ1v) is 8.66. The fraction of sp³-hybridized carbons (Fsp3) is 0.833. The highest BCUT2D eigenvalue weighted by molar-refractivity contribution is 7.92. The van der Waals surface area contributed by atoms with E-state index in [9.17, 15) is 23.1 Å². The minimum absolute atomic E-state index is 0.0143. The number of nitrogens with one attached hydrogen (secondary N) is 2. The molecule has 1 atom stereocenters. The molecule has 0 bridgehead atoms. The van der Waals surface area contributed by atoms with Crippen molar-refractivity contribution in [3.05, 3.63) is 0 Å². The number of sulfone groups is 1. The second-order valence-corrected chi connectivity index (χ2v) is 7.87. The lowest BCUT2D eigenvalue weighted by Crippen LogP contribution is -2.60. The zero-order valence-electron chi connectivity index (χ0n) is 11.6. The topological polar surface area (TPSA) is 122 Å². The average Bonchev–Trinajstić information content (AvgIpc) is 2.76. The molecule has 9 heteroatoms. The largest absolute Gasteiger partial charge is 0.480 e. The third-order valence-corrected chi connectivity index (χ3v) is 6.34. The minimum atomic E-state index is -3.13. The monoisotopic (exact) mass is 320 g/mol. The van der Waals surface area contributed by atoms with Crippen molar-refractivity contribution in [1.29, 1.82) is 0 Å². The summed E-state index contributed by atoms with van der Waals surface area (Å²) in [5.74, 6) is -0.952. The zero-order valence-corrected chi connectivity index (χ0v) is 12.4. The van der Waals surface area contributed by atoms with Crippen LogP contribution in [0.4, 0.5) is 4.79 Å². The quantitative estimate of drug-likeness (QED) is 0.642. The lowest BCUT2D eigenvalue weighted by Gasteiger charge is -2.33. The van der Waals surface area contributed by atoms with E-state index in [1.807, 2.05) is 0 Å². The van der Waals surface area contributed by atoms with Gasteiger partial charge in [-0.1, -0.05) is 0 Å². The summed E-state index contributed by atoms with van der Waals surface area (Å²) in [5.41, 5.74) is -1.34. The molecule has 120 valence electrons. The first-order chi connectivity index (χ1) is 9.86. The number of urea groups is 1. The number of hydrogen-bond donors (Lipinski definition) is 3. The Bertz CT molecular complexity index is 512. The number of hydrogen-bond acceptors (Lipinski definition) is 5. The van der Waals surface area contributed by atoms with Gasteiger partial charge in [-0.05, 0) is 12.8 Å². The van der Waals surface area contributed by atoms with Gasteiger partial charge in [0.05, 0.1) is 11.0 Å². The number of carbonyl (C=O) groups excluding carboxylic acids is 1. The van der Waals surface area contributed by atoms with Crippen LogP contribution in [-0.2, 0) is 19.4 Å². The van der Waals surface area contributed by atoms with Gasteiger partial charge in [0, 0.05) is 32.6 Å². The lowest BCUT2D eigenvalue weighted by molar-refractivity contribution is -0.148. The number of carboxylic acids is 1. The summed E-state index contributed by atoms with van der Waals surface area (Å²) in [6.45, 7) is 0.549. The Morgan fingerprint density at radius 1 is 1.29 bits per heavy atom. The van der Waals surface area contributed by atoms with Crippen molar-refractivity contribution in [3.8, 4) is 0 Å². The van der Waals surface area contributed by atoms with E-state index in [1.165, 1.54) is 0 Å². The van der Waals surface area contributed by atoms with Crippen LogP contribution < -0.4 is 10.6 Å². The predicted octanol–water partition coefficient (Wildman–Crippen LogP) is -0.503. The van der Waals surface area contributed by atoms with E-state index in [0.29, 0.717) is 12.8 Å². The second-order valence-electron chi connectivity index (χ2n) is 5.47.